The molecule has 4 N–H and O–H groups in total. The fourth-order valence-corrected chi connectivity index (χ4v) is 3.95. The predicted molar refractivity (Wildman–Crippen MR) is 118 cm³/mol. The van der Waals surface area contributed by atoms with Gasteiger partial charge in [0.05, 0.1) is 28.5 Å². The smallest absolute Gasteiger partial charge is 0.181 e. The maximum Gasteiger partial charge on any atom is 0.181 e. The molecule has 0 fully saturated rings. The van der Waals surface area contributed by atoms with E-state index in [-0.39, 0.29) is 0 Å². The molecule has 4 rings (SSSR count). The highest BCUT2D eigenvalue weighted by Gasteiger charge is 2.17. The van der Waals surface area contributed by atoms with Crippen LogP contribution in [0.5, 0.6) is 11.5 Å². The number of benzene rings is 2. The molecule has 2 aromatic carbocycles. The molecule has 2 aromatic heterocycles. The molecule has 0 unspecified atom stereocenters. The average molecular weight is 411 g/mol. The summed E-state index contributed by atoms with van der Waals surface area (Å²) in [6.45, 7) is 1.34. The number of nitrogen functional groups attached to an aromatic ring is 2. The lowest BCUT2D eigenvalue weighted by molar-refractivity contribution is 0.251. The van der Waals surface area contributed by atoms with Crippen LogP contribution < -0.4 is 20.9 Å². The number of rotatable bonds is 6. The molecule has 8 nitrogen and oxygen atoms in total. The van der Waals surface area contributed by atoms with Gasteiger partial charge in [0.2, 0.25) is 0 Å². The normalized spacial score (nSPS) is 11.4. The van der Waals surface area contributed by atoms with Crippen LogP contribution in [0.3, 0.4) is 0 Å². The van der Waals surface area contributed by atoms with Crippen LogP contribution in [0.4, 0.5) is 10.8 Å². The molecule has 4 aromatic rings. The number of ether oxygens (including phenoxy) is 2. The summed E-state index contributed by atoms with van der Waals surface area (Å²) < 4.78 is 12.4. The van der Waals surface area contributed by atoms with Crippen LogP contribution in [0.25, 0.3) is 32.4 Å². The van der Waals surface area contributed by atoms with Crippen molar-refractivity contribution in [2.75, 3.05) is 45.8 Å². The minimum absolute atomic E-state index is 0.486. The third-order valence-electron chi connectivity index (χ3n) is 4.51. The molecule has 0 aliphatic rings. The molecule has 29 heavy (non-hydrogen) atoms. The quantitative estimate of drug-likeness (QED) is 0.467. The van der Waals surface area contributed by atoms with Gasteiger partial charge in [-0.05, 0) is 32.3 Å². The number of hydrogen-bond acceptors (Lipinski definition) is 9. The zero-order valence-corrected chi connectivity index (χ0v) is 17.3. The van der Waals surface area contributed by atoms with E-state index in [9.17, 15) is 0 Å². The van der Waals surface area contributed by atoms with Crippen LogP contribution >= 0.6 is 11.3 Å². The van der Waals surface area contributed by atoms with Crippen molar-refractivity contribution in [2.24, 2.45) is 0 Å². The summed E-state index contributed by atoms with van der Waals surface area (Å²) in [5, 5.41) is 1.31. The van der Waals surface area contributed by atoms with Gasteiger partial charge in [-0.25, -0.2) is 15.0 Å². The van der Waals surface area contributed by atoms with Crippen molar-refractivity contribution >= 4 is 43.3 Å². The number of methoxy groups -OCH3 is 1. The molecule has 0 amide bonds. The number of aromatic nitrogens is 3. The van der Waals surface area contributed by atoms with E-state index < -0.39 is 0 Å². The Bertz CT molecular complexity index is 1190. The summed E-state index contributed by atoms with van der Waals surface area (Å²) >= 11 is 1.40. The Hall–Kier alpha value is -3.17. The van der Waals surface area contributed by atoms with Gasteiger partial charge in [0.1, 0.15) is 12.9 Å². The molecule has 0 saturated carbocycles. The van der Waals surface area contributed by atoms with Gasteiger partial charge in [0.25, 0.3) is 0 Å². The van der Waals surface area contributed by atoms with Gasteiger partial charge >= 0.3 is 0 Å². The van der Waals surface area contributed by atoms with Crippen LogP contribution in [-0.4, -0.2) is 54.2 Å². The minimum Gasteiger partial charge on any atom is -0.493 e. The Morgan fingerprint density at radius 3 is 2.66 bits per heavy atom. The summed E-state index contributed by atoms with van der Waals surface area (Å²) in [5.41, 5.74) is 15.7. The Morgan fingerprint density at radius 2 is 1.90 bits per heavy atom. The zero-order chi connectivity index (χ0) is 20.5. The lowest BCUT2D eigenvalue weighted by Gasteiger charge is -2.15. The topological polar surface area (TPSA) is 112 Å². The molecule has 0 radical (unpaired) electrons. The first-order valence-electron chi connectivity index (χ1n) is 9.02. The minimum atomic E-state index is 0.486. The number of hydrogen-bond donors (Lipinski definition) is 2. The van der Waals surface area contributed by atoms with Crippen LogP contribution in [0.2, 0.25) is 0 Å². The lowest BCUT2D eigenvalue weighted by atomic mass is 10.0. The second-order valence-electron chi connectivity index (χ2n) is 6.86. The summed E-state index contributed by atoms with van der Waals surface area (Å²) in [6, 6.07) is 7.49. The number of nitrogens with two attached hydrogens (primary N) is 2. The fraction of sp³-hybridized carbons (Fsp3) is 0.250. The largest absolute Gasteiger partial charge is 0.493 e. The van der Waals surface area contributed by atoms with Gasteiger partial charge < -0.3 is 25.8 Å². The lowest BCUT2D eigenvalue weighted by Crippen LogP contribution is -2.19. The van der Waals surface area contributed by atoms with Gasteiger partial charge in [-0.1, -0.05) is 11.3 Å². The molecule has 0 atom stereocenters. The van der Waals surface area contributed by atoms with E-state index in [0.717, 1.165) is 38.9 Å². The summed E-state index contributed by atoms with van der Waals surface area (Å²) in [4.78, 5) is 15.5. The van der Waals surface area contributed by atoms with Crippen molar-refractivity contribution in [3.05, 3.63) is 30.6 Å². The number of thiazole rings is 1. The second kappa shape index (κ2) is 7.69. The van der Waals surface area contributed by atoms with Crippen molar-refractivity contribution in [1.82, 2.24) is 19.9 Å². The van der Waals surface area contributed by atoms with E-state index >= 15 is 0 Å². The van der Waals surface area contributed by atoms with Crippen molar-refractivity contribution in [1.29, 1.82) is 0 Å². The molecule has 0 aliphatic carbocycles. The van der Waals surface area contributed by atoms with Crippen molar-refractivity contribution < 1.29 is 9.47 Å². The third kappa shape index (κ3) is 3.74. The molecule has 0 saturated heterocycles. The highest BCUT2D eigenvalue weighted by Crippen LogP contribution is 2.39. The molecule has 0 aliphatic heterocycles. The molecular weight excluding hydrogens is 388 g/mol. The second-order valence-corrected chi connectivity index (χ2v) is 7.92. The standard InChI is InChI=1S/C20H22N6O2S/c1-26(2)4-5-28-16-9-14-12(8-15(16)27-3)18(24-10-23-14)13-6-11(21)7-17-19(13)25-20(22)29-17/h6-10H,4-5,21H2,1-3H3,(H2,22,25). The molecule has 150 valence electrons. The van der Waals surface area contributed by atoms with Crippen LogP contribution in [-0.2, 0) is 0 Å². The van der Waals surface area contributed by atoms with Gasteiger partial charge in [-0.3, -0.25) is 0 Å². The number of anilines is 2. The number of fused-ring (bicyclic) bond motifs is 2. The van der Waals surface area contributed by atoms with E-state index in [4.69, 9.17) is 20.9 Å². The van der Waals surface area contributed by atoms with Gasteiger partial charge in [-0.2, -0.15) is 0 Å². The van der Waals surface area contributed by atoms with Crippen LogP contribution in [0.1, 0.15) is 0 Å². The van der Waals surface area contributed by atoms with E-state index in [1.807, 2.05) is 38.4 Å². The Labute approximate surface area is 172 Å². The van der Waals surface area contributed by atoms with Gasteiger partial charge in [0.15, 0.2) is 16.6 Å². The third-order valence-corrected chi connectivity index (χ3v) is 5.34. The highest BCUT2D eigenvalue weighted by molar-refractivity contribution is 7.22. The summed E-state index contributed by atoms with van der Waals surface area (Å²) in [6.07, 6.45) is 1.53. The predicted octanol–water partition coefficient (Wildman–Crippen LogP) is 3.02. The SMILES string of the molecule is COc1cc2c(-c3cc(N)cc4sc(N)nc34)ncnc2cc1OCCN(C)C. The first kappa shape index (κ1) is 19.2. The van der Waals surface area contributed by atoms with Crippen LogP contribution in [0, 0.1) is 0 Å². The Morgan fingerprint density at radius 1 is 1.07 bits per heavy atom. The Kier molecular flexibility index (Phi) is 5.08. The monoisotopic (exact) mass is 410 g/mol. The summed E-state index contributed by atoms with van der Waals surface area (Å²) in [5.74, 6) is 1.26. The molecule has 9 heteroatoms. The fourth-order valence-electron chi connectivity index (χ4n) is 3.14. The van der Waals surface area contributed by atoms with Crippen LogP contribution in [0.15, 0.2) is 30.6 Å². The molecular formula is C20H22N6O2S. The molecule has 0 bridgehead atoms. The van der Waals surface area contributed by atoms with Crippen molar-refractivity contribution in [2.45, 2.75) is 0 Å². The number of likely N-dealkylation sites (N-methyl/N-ethyl adjacent to an activating group) is 1. The number of nitrogens with zero attached hydrogens (tertiary/aromatic N) is 4. The maximum absolute atomic E-state index is 6.12. The first-order valence-corrected chi connectivity index (χ1v) is 9.84. The summed E-state index contributed by atoms with van der Waals surface area (Å²) in [7, 11) is 5.61. The van der Waals surface area contributed by atoms with E-state index in [1.54, 1.807) is 7.11 Å². The van der Waals surface area contributed by atoms with Gasteiger partial charge in [-0.15, -0.1) is 0 Å². The van der Waals surface area contributed by atoms with E-state index in [2.05, 4.69) is 19.9 Å². The molecule has 2 heterocycles. The van der Waals surface area contributed by atoms with E-state index in [0.29, 0.717) is 28.9 Å². The molecule has 0 spiro atoms. The van der Waals surface area contributed by atoms with E-state index in [1.165, 1.54) is 17.7 Å². The average Bonchev–Trinajstić information content (AvgIpc) is 3.05. The Balaban J connectivity index is 1.87. The zero-order valence-electron chi connectivity index (χ0n) is 16.5. The first-order chi connectivity index (χ1) is 14.0. The van der Waals surface area contributed by atoms with Crippen molar-refractivity contribution in [3.63, 3.8) is 0 Å². The van der Waals surface area contributed by atoms with Gasteiger partial charge in [0, 0.05) is 29.2 Å². The maximum atomic E-state index is 6.12. The van der Waals surface area contributed by atoms with Crippen molar-refractivity contribution in [3.8, 4) is 22.8 Å². The highest BCUT2D eigenvalue weighted by atomic mass is 32.1.